The number of benzene rings is 2. The summed E-state index contributed by atoms with van der Waals surface area (Å²) in [7, 11) is 0. The largest absolute Gasteiger partial charge is 0.489 e. The molecule has 3 rings (SSSR count). The fraction of sp³-hybridized carbons (Fsp3) is 0.389. The van der Waals surface area contributed by atoms with Gasteiger partial charge in [0.2, 0.25) is 0 Å². The van der Waals surface area contributed by atoms with E-state index in [1.807, 2.05) is 24.3 Å². The minimum absolute atomic E-state index is 0.352. The first kappa shape index (κ1) is 14.6. The van der Waals surface area contributed by atoms with Gasteiger partial charge in [0, 0.05) is 0 Å². The summed E-state index contributed by atoms with van der Waals surface area (Å²) >= 11 is 2.35. The van der Waals surface area contributed by atoms with E-state index in [-0.39, 0.29) is 0 Å². The molecule has 0 unspecified atom stereocenters. The number of fused-ring (bicyclic) bond motifs is 1. The van der Waals surface area contributed by atoms with Gasteiger partial charge in [-0.1, -0.05) is 19.1 Å². The van der Waals surface area contributed by atoms with E-state index in [0.717, 1.165) is 38.9 Å². The second kappa shape index (κ2) is 6.23. The zero-order chi connectivity index (χ0) is 14.8. The molecule has 1 saturated carbocycles. The van der Waals surface area contributed by atoms with E-state index in [2.05, 4.69) is 41.7 Å². The maximum atomic E-state index is 8.98. The van der Waals surface area contributed by atoms with Crippen molar-refractivity contribution in [2.45, 2.75) is 38.7 Å². The third-order valence-corrected chi connectivity index (χ3v) is 5.42. The first-order valence-electron chi connectivity index (χ1n) is 7.46. The Balaban J connectivity index is 1.86. The lowest BCUT2D eigenvalue weighted by molar-refractivity contribution is 0.135. The highest BCUT2D eigenvalue weighted by Gasteiger charge is 2.20. The Morgan fingerprint density at radius 2 is 1.90 bits per heavy atom. The van der Waals surface area contributed by atoms with Crippen LogP contribution in [-0.2, 0) is 0 Å². The third kappa shape index (κ3) is 3.16. The van der Waals surface area contributed by atoms with E-state index in [9.17, 15) is 0 Å². The predicted octanol–water partition coefficient (Wildman–Crippen LogP) is 5.27. The Kier molecular flexibility index (Phi) is 4.34. The Bertz CT molecular complexity index is 696. The molecule has 0 bridgehead atoms. The van der Waals surface area contributed by atoms with Gasteiger partial charge in [-0.3, -0.25) is 0 Å². The normalized spacial score (nSPS) is 22.0. The standard InChI is InChI=1S/C18H18INO/c1-12-2-6-15(7-3-12)21-17-9-5-14-10-13(11-20)4-8-16(14)18(17)19/h4-5,8-10,12,15H,2-3,6-7H2,1H3/t12-,15+. The molecule has 108 valence electrons. The molecule has 2 nitrogen and oxygen atoms in total. The highest BCUT2D eigenvalue weighted by Crippen LogP contribution is 2.33. The van der Waals surface area contributed by atoms with Crippen molar-refractivity contribution in [2.75, 3.05) is 0 Å². The molecule has 0 aliphatic heterocycles. The molecule has 2 aromatic carbocycles. The number of nitriles is 1. The smallest absolute Gasteiger partial charge is 0.133 e. The number of nitrogens with zero attached hydrogens (tertiary/aromatic N) is 1. The van der Waals surface area contributed by atoms with Gasteiger partial charge in [-0.2, -0.15) is 5.26 Å². The average molecular weight is 391 g/mol. The van der Waals surface area contributed by atoms with Gasteiger partial charge >= 0.3 is 0 Å². The topological polar surface area (TPSA) is 33.0 Å². The summed E-state index contributed by atoms with van der Waals surface area (Å²) in [6, 6.07) is 12.1. The van der Waals surface area contributed by atoms with Gasteiger partial charge in [-0.15, -0.1) is 0 Å². The molecule has 3 heteroatoms. The molecule has 0 spiro atoms. The van der Waals surface area contributed by atoms with Gasteiger partial charge in [0.1, 0.15) is 5.75 Å². The van der Waals surface area contributed by atoms with Crippen LogP contribution in [0.3, 0.4) is 0 Å². The monoisotopic (exact) mass is 391 g/mol. The second-order valence-corrected chi connectivity index (χ2v) is 7.00. The van der Waals surface area contributed by atoms with Gasteiger partial charge in [-0.05, 0) is 83.2 Å². The molecule has 1 aliphatic rings. The molecule has 0 radical (unpaired) electrons. The Morgan fingerprint density at radius 3 is 2.62 bits per heavy atom. The molecule has 1 aliphatic carbocycles. The van der Waals surface area contributed by atoms with E-state index in [0.29, 0.717) is 11.7 Å². The summed E-state index contributed by atoms with van der Waals surface area (Å²) in [4.78, 5) is 0. The maximum Gasteiger partial charge on any atom is 0.133 e. The van der Waals surface area contributed by atoms with Crippen LogP contribution in [0, 0.1) is 20.8 Å². The van der Waals surface area contributed by atoms with Crippen molar-refractivity contribution in [3.63, 3.8) is 0 Å². The Labute approximate surface area is 139 Å². The summed E-state index contributed by atoms with van der Waals surface area (Å²) in [5.74, 6) is 1.82. The zero-order valence-electron chi connectivity index (χ0n) is 12.1. The van der Waals surface area contributed by atoms with E-state index >= 15 is 0 Å². The van der Waals surface area contributed by atoms with Crippen molar-refractivity contribution in [2.24, 2.45) is 5.92 Å². The molecule has 2 aromatic rings. The van der Waals surface area contributed by atoms with Crippen LogP contribution >= 0.6 is 22.6 Å². The van der Waals surface area contributed by atoms with E-state index < -0.39 is 0 Å². The molecule has 0 N–H and O–H groups in total. The second-order valence-electron chi connectivity index (χ2n) is 5.93. The average Bonchev–Trinajstić information content (AvgIpc) is 2.52. The molecule has 0 amide bonds. The van der Waals surface area contributed by atoms with Crippen molar-refractivity contribution in [1.82, 2.24) is 0 Å². The molecule has 0 saturated heterocycles. The van der Waals surface area contributed by atoms with Crippen LogP contribution in [0.1, 0.15) is 38.2 Å². The summed E-state index contributed by atoms with van der Waals surface area (Å²) in [6.45, 7) is 2.32. The number of ether oxygens (including phenoxy) is 1. The Morgan fingerprint density at radius 1 is 1.14 bits per heavy atom. The molecule has 0 heterocycles. The number of hydrogen-bond acceptors (Lipinski definition) is 2. The molecular weight excluding hydrogens is 373 g/mol. The van der Waals surface area contributed by atoms with Gasteiger partial charge in [0.15, 0.2) is 0 Å². The zero-order valence-corrected chi connectivity index (χ0v) is 14.3. The van der Waals surface area contributed by atoms with Crippen LogP contribution in [0.2, 0.25) is 0 Å². The van der Waals surface area contributed by atoms with Crippen molar-refractivity contribution in [1.29, 1.82) is 5.26 Å². The summed E-state index contributed by atoms with van der Waals surface area (Å²) in [6.07, 6.45) is 5.19. The van der Waals surface area contributed by atoms with Gasteiger partial charge in [0.25, 0.3) is 0 Å². The van der Waals surface area contributed by atoms with Gasteiger partial charge in [-0.25, -0.2) is 0 Å². The SMILES string of the molecule is C[C@H]1CC[C@@H](Oc2ccc3cc(C#N)ccc3c2I)CC1. The van der Waals surface area contributed by atoms with E-state index in [4.69, 9.17) is 10.00 Å². The summed E-state index contributed by atoms with van der Waals surface area (Å²) in [5.41, 5.74) is 0.702. The van der Waals surface area contributed by atoms with Crippen LogP contribution in [0.5, 0.6) is 5.75 Å². The van der Waals surface area contributed by atoms with Crippen molar-refractivity contribution < 1.29 is 4.74 Å². The molecule has 21 heavy (non-hydrogen) atoms. The van der Waals surface area contributed by atoms with Crippen molar-refractivity contribution in [3.05, 3.63) is 39.5 Å². The maximum absolute atomic E-state index is 8.98. The van der Waals surface area contributed by atoms with Gasteiger partial charge < -0.3 is 4.74 Å². The molecule has 1 fully saturated rings. The van der Waals surface area contributed by atoms with Crippen molar-refractivity contribution in [3.8, 4) is 11.8 Å². The lowest BCUT2D eigenvalue weighted by atomic mass is 9.89. The summed E-state index contributed by atoms with van der Waals surface area (Å²) in [5, 5.41) is 11.2. The minimum Gasteiger partial charge on any atom is -0.489 e. The summed E-state index contributed by atoms with van der Waals surface area (Å²) < 4.78 is 7.37. The minimum atomic E-state index is 0.352. The first-order chi connectivity index (χ1) is 10.2. The lowest BCUT2D eigenvalue weighted by Crippen LogP contribution is -2.23. The fourth-order valence-electron chi connectivity index (χ4n) is 2.96. The van der Waals surface area contributed by atoms with Crippen LogP contribution in [0.15, 0.2) is 30.3 Å². The molecule has 0 aromatic heterocycles. The first-order valence-corrected chi connectivity index (χ1v) is 8.54. The van der Waals surface area contributed by atoms with Crippen LogP contribution < -0.4 is 4.74 Å². The third-order valence-electron chi connectivity index (χ3n) is 4.30. The van der Waals surface area contributed by atoms with Gasteiger partial charge in [0.05, 0.1) is 21.3 Å². The van der Waals surface area contributed by atoms with Crippen LogP contribution in [0.25, 0.3) is 10.8 Å². The van der Waals surface area contributed by atoms with E-state index in [1.165, 1.54) is 12.8 Å². The highest BCUT2D eigenvalue weighted by atomic mass is 127. The quantitative estimate of drug-likeness (QED) is 0.654. The molecular formula is C18H18INO. The fourth-order valence-corrected chi connectivity index (χ4v) is 3.76. The van der Waals surface area contributed by atoms with Crippen LogP contribution in [-0.4, -0.2) is 6.10 Å². The number of hydrogen-bond donors (Lipinski definition) is 0. The lowest BCUT2D eigenvalue weighted by Gasteiger charge is -2.27. The molecule has 0 atom stereocenters. The number of halogens is 1. The van der Waals surface area contributed by atoms with Crippen LogP contribution in [0.4, 0.5) is 0 Å². The highest BCUT2D eigenvalue weighted by molar-refractivity contribution is 14.1. The predicted molar refractivity (Wildman–Crippen MR) is 93.4 cm³/mol. The van der Waals surface area contributed by atoms with E-state index in [1.54, 1.807) is 0 Å². The number of rotatable bonds is 2. The van der Waals surface area contributed by atoms with Crippen molar-refractivity contribution >= 4 is 33.4 Å². The Hall–Kier alpha value is -1.28.